The fourth-order valence-corrected chi connectivity index (χ4v) is 2.49. The Morgan fingerprint density at radius 3 is 2.25 bits per heavy atom. The smallest absolute Gasteiger partial charge is 0.273 e. The van der Waals surface area contributed by atoms with Gasteiger partial charge in [0.1, 0.15) is 0 Å². The Hall–Kier alpha value is -0.950. The predicted molar refractivity (Wildman–Crippen MR) is 55.5 cm³/mol. The van der Waals surface area contributed by atoms with Gasteiger partial charge in [-0.3, -0.25) is 13.8 Å². The third kappa shape index (κ3) is 3.02. The Bertz CT molecular complexity index is 359. The summed E-state index contributed by atoms with van der Waals surface area (Å²) in [7, 11) is -4.20. The van der Waals surface area contributed by atoms with Gasteiger partial charge in [-0.25, -0.2) is 0 Å². The van der Waals surface area contributed by atoms with Gasteiger partial charge in [0.05, 0.1) is 6.61 Å². The minimum Gasteiger partial charge on any atom is -0.273 e. The van der Waals surface area contributed by atoms with Gasteiger partial charge < -0.3 is 0 Å². The Morgan fingerprint density at radius 2 is 1.75 bits per heavy atom. The number of nitrogens with zero attached hydrogens (tertiary/aromatic N) is 1. The molecule has 1 aliphatic heterocycles. The van der Waals surface area contributed by atoms with Crippen LogP contribution >= 0.6 is 0 Å². The second-order valence-corrected chi connectivity index (χ2v) is 4.99. The van der Waals surface area contributed by atoms with Gasteiger partial charge in [0.25, 0.3) is 0 Å². The summed E-state index contributed by atoms with van der Waals surface area (Å²) in [6.45, 7) is 1.98. The molecule has 0 spiro atoms. The number of unbranched alkanes of at least 4 members (excludes halogenated alkanes) is 2. The molecule has 1 fully saturated rings. The maximum absolute atomic E-state index is 11.5. The molecule has 0 unspecified atom stereocenters. The monoisotopic (exact) mass is 249 g/mol. The topological polar surface area (TPSA) is 80.8 Å². The van der Waals surface area contributed by atoms with Gasteiger partial charge in [-0.05, 0) is 6.42 Å². The zero-order valence-electron chi connectivity index (χ0n) is 9.14. The molecule has 0 aliphatic carbocycles. The van der Waals surface area contributed by atoms with E-state index in [9.17, 15) is 18.0 Å². The molecule has 1 heterocycles. The number of carbonyl (C=O) groups excluding carboxylic acids is 2. The van der Waals surface area contributed by atoms with Crippen molar-refractivity contribution in [1.29, 1.82) is 0 Å². The molecular formula is C9H15NO5S. The maximum Gasteiger partial charge on any atom is 0.371 e. The summed E-state index contributed by atoms with van der Waals surface area (Å²) in [5, 5.41) is 0. The molecule has 0 N–H and O–H groups in total. The van der Waals surface area contributed by atoms with E-state index in [1.165, 1.54) is 0 Å². The number of carbonyl (C=O) groups is 2. The zero-order chi connectivity index (χ0) is 12.2. The van der Waals surface area contributed by atoms with Crippen LogP contribution in [-0.2, 0) is 24.1 Å². The van der Waals surface area contributed by atoms with Gasteiger partial charge in [0.2, 0.25) is 11.8 Å². The predicted octanol–water partition coefficient (Wildman–Crippen LogP) is 0.587. The van der Waals surface area contributed by atoms with Crippen LogP contribution in [0.1, 0.15) is 39.0 Å². The van der Waals surface area contributed by atoms with Gasteiger partial charge in [0.15, 0.2) is 0 Å². The molecule has 92 valence electrons. The van der Waals surface area contributed by atoms with Gasteiger partial charge in [-0.2, -0.15) is 12.7 Å². The van der Waals surface area contributed by atoms with Gasteiger partial charge >= 0.3 is 10.3 Å². The van der Waals surface area contributed by atoms with Gasteiger partial charge in [-0.1, -0.05) is 19.8 Å². The largest absolute Gasteiger partial charge is 0.371 e. The van der Waals surface area contributed by atoms with Crippen molar-refractivity contribution < 1.29 is 22.2 Å². The van der Waals surface area contributed by atoms with Crippen molar-refractivity contribution in [3.8, 4) is 0 Å². The van der Waals surface area contributed by atoms with E-state index in [4.69, 9.17) is 0 Å². The molecule has 7 heteroatoms. The number of imide groups is 1. The van der Waals surface area contributed by atoms with Gasteiger partial charge in [-0.15, -0.1) is 0 Å². The third-order valence-electron chi connectivity index (χ3n) is 2.21. The summed E-state index contributed by atoms with van der Waals surface area (Å²) in [5.41, 5.74) is 0. The molecule has 0 saturated carbocycles. The van der Waals surface area contributed by atoms with Crippen molar-refractivity contribution >= 4 is 22.1 Å². The molecule has 16 heavy (non-hydrogen) atoms. The van der Waals surface area contributed by atoms with Crippen LogP contribution in [0.5, 0.6) is 0 Å². The Balaban J connectivity index is 2.56. The van der Waals surface area contributed by atoms with E-state index in [-0.39, 0.29) is 23.8 Å². The van der Waals surface area contributed by atoms with Crippen molar-refractivity contribution in [2.75, 3.05) is 6.61 Å². The van der Waals surface area contributed by atoms with Crippen LogP contribution in [0.4, 0.5) is 0 Å². The summed E-state index contributed by atoms with van der Waals surface area (Å²) in [5.74, 6) is -1.42. The Labute approximate surface area is 94.8 Å². The summed E-state index contributed by atoms with van der Waals surface area (Å²) in [4.78, 5) is 22.3. The van der Waals surface area contributed by atoms with E-state index in [2.05, 4.69) is 4.18 Å². The SMILES string of the molecule is CCCCCOS(=O)(=O)N1C(=O)CCC1=O. The highest BCUT2D eigenvalue weighted by Crippen LogP contribution is 2.17. The molecule has 0 atom stereocenters. The number of rotatable bonds is 6. The average molecular weight is 249 g/mol. The van der Waals surface area contributed by atoms with Crippen LogP contribution in [-0.4, -0.2) is 31.1 Å². The minimum absolute atomic E-state index is 0.00718. The molecule has 0 aromatic heterocycles. The molecule has 0 bridgehead atoms. The lowest BCUT2D eigenvalue weighted by molar-refractivity contribution is -0.132. The normalized spacial score (nSPS) is 17.2. The van der Waals surface area contributed by atoms with Crippen LogP contribution in [0.25, 0.3) is 0 Å². The molecule has 0 aromatic carbocycles. The fraction of sp³-hybridized carbons (Fsp3) is 0.778. The summed E-state index contributed by atoms with van der Waals surface area (Å²) in [6, 6.07) is 0. The van der Waals surface area contributed by atoms with E-state index >= 15 is 0 Å². The first-order chi connectivity index (χ1) is 7.49. The van der Waals surface area contributed by atoms with E-state index in [1.54, 1.807) is 0 Å². The molecule has 0 radical (unpaired) electrons. The molecule has 0 aromatic rings. The first-order valence-corrected chi connectivity index (χ1v) is 6.61. The van der Waals surface area contributed by atoms with Crippen molar-refractivity contribution in [3.05, 3.63) is 0 Å². The number of hydrogen-bond donors (Lipinski definition) is 0. The summed E-state index contributed by atoms with van der Waals surface area (Å²) in [6.07, 6.45) is 2.25. The first kappa shape index (κ1) is 13.1. The first-order valence-electron chi connectivity index (χ1n) is 5.24. The Kier molecular flexibility index (Phi) is 4.43. The lowest BCUT2D eigenvalue weighted by atomic mass is 10.3. The highest BCUT2D eigenvalue weighted by atomic mass is 32.2. The quantitative estimate of drug-likeness (QED) is 0.508. The van der Waals surface area contributed by atoms with Crippen molar-refractivity contribution in [2.45, 2.75) is 39.0 Å². The van der Waals surface area contributed by atoms with Crippen LogP contribution in [0, 0.1) is 0 Å². The number of amides is 2. The maximum atomic E-state index is 11.5. The molecule has 2 amide bonds. The summed E-state index contributed by atoms with van der Waals surface area (Å²) >= 11 is 0. The standard InChI is InChI=1S/C9H15NO5S/c1-2-3-4-7-15-16(13,14)10-8(11)5-6-9(10)12/h2-7H2,1H3. The van der Waals surface area contributed by atoms with E-state index in [0.29, 0.717) is 6.42 Å². The highest BCUT2D eigenvalue weighted by Gasteiger charge is 2.39. The van der Waals surface area contributed by atoms with Gasteiger partial charge in [0, 0.05) is 12.8 Å². The van der Waals surface area contributed by atoms with Crippen molar-refractivity contribution in [3.63, 3.8) is 0 Å². The second-order valence-electron chi connectivity index (χ2n) is 3.54. The van der Waals surface area contributed by atoms with E-state index in [0.717, 1.165) is 12.8 Å². The molecular weight excluding hydrogens is 234 g/mol. The lowest BCUT2D eigenvalue weighted by Gasteiger charge is -2.13. The lowest BCUT2D eigenvalue weighted by Crippen LogP contribution is -2.36. The van der Waals surface area contributed by atoms with E-state index < -0.39 is 22.1 Å². The third-order valence-corrected chi connectivity index (χ3v) is 3.53. The van der Waals surface area contributed by atoms with Crippen LogP contribution < -0.4 is 0 Å². The summed E-state index contributed by atoms with van der Waals surface area (Å²) < 4.78 is 27.8. The van der Waals surface area contributed by atoms with Crippen molar-refractivity contribution in [2.24, 2.45) is 0 Å². The second kappa shape index (κ2) is 5.40. The van der Waals surface area contributed by atoms with E-state index in [1.807, 2.05) is 6.92 Å². The zero-order valence-corrected chi connectivity index (χ0v) is 9.96. The minimum atomic E-state index is -4.20. The van der Waals surface area contributed by atoms with Crippen LogP contribution in [0.15, 0.2) is 0 Å². The molecule has 6 nitrogen and oxygen atoms in total. The van der Waals surface area contributed by atoms with Crippen LogP contribution in [0.3, 0.4) is 0 Å². The number of hydrogen-bond acceptors (Lipinski definition) is 5. The Morgan fingerprint density at radius 1 is 1.19 bits per heavy atom. The molecule has 1 saturated heterocycles. The van der Waals surface area contributed by atoms with Crippen LogP contribution in [0.2, 0.25) is 0 Å². The molecule has 1 rings (SSSR count). The van der Waals surface area contributed by atoms with Crippen molar-refractivity contribution in [1.82, 2.24) is 4.31 Å². The average Bonchev–Trinajstić information content (AvgIpc) is 2.54. The highest BCUT2D eigenvalue weighted by molar-refractivity contribution is 7.85. The molecule has 1 aliphatic rings. The fourth-order valence-electron chi connectivity index (χ4n) is 1.37.